The van der Waals surface area contributed by atoms with E-state index in [1.807, 2.05) is 85.8 Å². The third-order valence-electron chi connectivity index (χ3n) is 6.44. The second-order valence-corrected chi connectivity index (χ2v) is 9.01. The number of hydrogen-bond donors (Lipinski definition) is 3. The fraction of sp³-hybridized carbons (Fsp3) is 0.300. The number of anilines is 2. The van der Waals surface area contributed by atoms with Crippen LogP contribution in [-0.4, -0.2) is 47.9 Å². The fourth-order valence-electron chi connectivity index (χ4n) is 4.55. The van der Waals surface area contributed by atoms with E-state index in [0.717, 1.165) is 53.3 Å². The Kier molecular flexibility index (Phi) is 8.69. The summed E-state index contributed by atoms with van der Waals surface area (Å²) in [6.07, 6.45) is 0.0886. The summed E-state index contributed by atoms with van der Waals surface area (Å²) in [6.45, 7) is 10.2. The minimum atomic E-state index is -0.711. The maximum Gasteiger partial charge on any atom is 0.321 e. The van der Waals surface area contributed by atoms with Crippen LogP contribution in [0, 0.1) is 6.92 Å². The molecule has 0 aromatic heterocycles. The predicted octanol–water partition coefficient (Wildman–Crippen LogP) is 5.88. The zero-order valence-corrected chi connectivity index (χ0v) is 22.0. The molecule has 0 fully saturated rings. The van der Waals surface area contributed by atoms with Gasteiger partial charge in [0, 0.05) is 22.5 Å². The first-order valence-electron chi connectivity index (χ1n) is 13.0. The molecule has 2 amide bonds. The molecule has 2 unspecified atom stereocenters. The number of rotatable bonds is 8. The van der Waals surface area contributed by atoms with Crippen LogP contribution in [0.3, 0.4) is 0 Å². The van der Waals surface area contributed by atoms with E-state index in [2.05, 4.69) is 41.6 Å². The van der Waals surface area contributed by atoms with Gasteiger partial charge in [0.25, 0.3) is 0 Å². The van der Waals surface area contributed by atoms with E-state index in [4.69, 9.17) is 9.98 Å². The number of benzodiazepines with no additional fused rings is 1. The van der Waals surface area contributed by atoms with Crippen LogP contribution < -0.4 is 16.0 Å². The smallest absolute Gasteiger partial charge is 0.321 e. The summed E-state index contributed by atoms with van der Waals surface area (Å²) in [5, 5.41) is 9.54. The van der Waals surface area contributed by atoms with Gasteiger partial charge in [-0.15, -0.1) is 0 Å². The molecule has 1 heterocycles. The Labute approximate surface area is 219 Å². The van der Waals surface area contributed by atoms with Gasteiger partial charge in [-0.25, -0.2) is 9.79 Å². The van der Waals surface area contributed by atoms with Crippen molar-refractivity contribution >= 4 is 29.0 Å². The van der Waals surface area contributed by atoms with Gasteiger partial charge in [-0.1, -0.05) is 81.4 Å². The summed E-state index contributed by atoms with van der Waals surface area (Å²) < 4.78 is 0. The predicted molar refractivity (Wildman–Crippen MR) is 154 cm³/mol. The molecule has 7 heteroatoms. The number of hydrogen-bond acceptors (Lipinski definition) is 4. The molecule has 4 rings (SSSR count). The first-order valence-corrected chi connectivity index (χ1v) is 13.0. The summed E-state index contributed by atoms with van der Waals surface area (Å²) in [4.78, 5) is 25.7. The van der Waals surface area contributed by atoms with Crippen LogP contribution >= 0.6 is 0 Å². The van der Waals surface area contributed by atoms with E-state index < -0.39 is 6.17 Å². The highest BCUT2D eigenvalue weighted by Crippen LogP contribution is 2.25. The van der Waals surface area contributed by atoms with Crippen molar-refractivity contribution in [1.82, 2.24) is 10.2 Å². The third-order valence-corrected chi connectivity index (χ3v) is 6.44. The standard InChI is InChI=1S/C30H36N6O/c1-5-26(36(6-2)7-3)33-28-29(35-30(37)31-23-17-13-14-21(4)20-23)34-27(22-15-9-8-10-16-22)24-18-11-12-19-25(24)32-28/h8-20,26,29H,5-7H2,1-4H3,(H,32,33)(H2,31,35,37). The van der Waals surface area contributed by atoms with Gasteiger partial charge in [-0.2, -0.15) is 0 Å². The lowest BCUT2D eigenvalue weighted by atomic mass is 10.0. The number of nitrogens with one attached hydrogen (secondary N) is 3. The Balaban J connectivity index is 1.78. The number of fused-ring (bicyclic) bond motifs is 1. The zero-order valence-electron chi connectivity index (χ0n) is 22.0. The maximum absolute atomic E-state index is 13.2. The third kappa shape index (κ3) is 6.43. The lowest BCUT2D eigenvalue weighted by molar-refractivity contribution is 0.217. The van der Waals surface area contributed by atoms with Crippen molar-refractivity contribution in [3.63, 3.8) is 0 Å². The van der Waals surface area contributed by atoms with Gasteiger partial charge in [0.2, 0.25) is 0 Å². The lowest BCUT2D eigenvalue weighted by Crippen LogP contribution is -2.46. The molecule has 0 saturated heterocycles. The number of carbonyl (C=O) groups excluding carboxylic acids is 1. The fourth-order valence-corrected chi connectivity index (χ4v) is 4.55. The quantitative estimate of drug-likeness (QED) is 0.364. The summed E-state index contributed by atoms with van der Waals surface area (Å²) in [5.41, 5.74) is 5.43. The Morgan fingerprint density at radius 2 is 1.73 bits per heavy atom. The van der Waals surface area contributed by atoms with Gasteiger partial charge >= 0.3 is 6.03 Å². The minimum Gasteiger partial charge on any atom is -0.340 e. The molecular weight excluding hydrogens is 460 g/mol. The van der Waals surface area contributed by atoms with E-state index in [1.54, 1.807) is 0 Å². The van der Waals surface area contributed by atoms with Gasteiger partial charge in [0.1, 0.15) is 12.0 Å². The largest absolute Gasteiger partial charge is 0.340 e. The van der Waals surface area contributed by atoms with E-state index in [9.17, 15) is 4.79 Å². The van der Waals surface area contributed by atoms with Crippen molar-refractivity contribution in [1.29, 1.82) is 0 Å². The van der Waals surface area contributed by atoms with Gasteiger partial charge in [-0.05, 0) is 50.2 Å². The zero-order chi connectivity index (χ0) is 26.2. The molecule has 0 saturated carbocycles. The number of nitrogens with zero attached hydrogens (tertiary/aromatic N) is 3. The molecular formula is C30H36N6O. The number of aliphatic imine (C=N–C) groups is 2. The van der Waals surface area contributed by atoms with E-state index >= 15 is 0 Å². The van der Waals surface area contributed by atoms with Crippen molar-refractivity contribution < 1.29 is 4.79 Å². The van der Waals surface area contributed by atoms with Crippen LogP contribution in [0.2, 0.25) is 0 Å². The molecule has 0 bridgehead atoms. The van der Waals surface area contributed by atoms with E-state index in [-0.39, 0.29) is 12.2 Å². The highest BCUT2D eigenvalue weighted by Gasteiger charge is 2.27. The maximum atomic E-state index is 13.2. The van der Waals surface area contributed by atoms with Gasteiger partial charge in [0.05, 0.1) is 5.71 Å². The number of aryl methyl sites for hydroxylation is 1. The molecule has 2 atom stereocenters. The van der Waals surface area contributed by atoms with Crippen molar-refractivity contribution in [3.05, 3.63) is 95.6 Å². The average Bonchev–Trinajstić information content (AvgIpc) is 3.06. The normalized spacial score (nSPS) is 16.8. The van der Waals surface area contributed by atoms with Gasteiger partial charge in [-0.3, -0.25) is 9.89 Å². The molecule has 1 aliphatic rings. The van der Waals surface area contributed by atoms with Crippen molar-refractivity contribution in [2.75, 3.05) is 23.7 Å². The molecule has 37 heavy (non-hydrogen) atoms. The summed E-state index contributed by atoms with van der Waals surface area (Å²) in [7, 11) is 0. The van der Waals surface area contributed by atoms with E-state index in [1.165, 1.54) is 0 Å². The molecule has 1 aliphatic heterocycles. The SMILES string of the molecule is CCC(N=C1Nc2ccccc2C(c2ccccc2)=NC1NC(=O)Nc1cccc(C)c1)N(CC)CC. The monoisotopic (exact) mass is 496 g/mol. The molecule has 0 spiro atoms. The number of benzene rings is 3. The van der Waals surface area contributed by atoms with Crippen LogP contribution in [0.5, 0.6) is 0 Å². The molecule has 3 aromatic carbocycles. The first-order chi connectivity index (χ1) is 18.0. The van der Waals surface area contributed by atoms with Crippen LogP contribution in [0.15, 0.2) is 88.8 Å². The van der Waals surface area contributed by atoms with Gasteiger partial charge < -0.3 is 16.0 Å². The Hall–Kier alpha value is -3.97. The van der Waals surface area contributed by atoms with Crippen molar-refractivity contribution in [2.45, 2.75) is 46.4 Å². The number of amidine groups is 1. The summed E-state index contributed by atoms with van der Waals surface area (Å²) in [6, 6.07) is 25.5. The van der Waals surface area contributed by atoms with Crippen molar-refractivity contribution in [3.8, 4) is 0 Å². The second kappa shape index (κ2) is 12.3. The van der Waals surface area contributed by atoms with Crippen LogP contribution in [-0.2, 0) is 0 Å². The van der Waals surface area contributed by atoms with E-state index in [0.29, 0.717) is 5.84 Å². The summed E-state index contributed by atoms with van der Waals surface area (Å²) >= 11 is 0. The number of para-hydroxylation sites is 1. The lowest BCUT2D eigenvalue weighted by Gasteiger charge is -2.27. The number of carbonyl (C=O) groups is 1. The number of amides is 2. The molecule has 0 radical (unpaired) electrons. The highest BCUT2D eigenvalue weighted by atomic mass is 16.2. The second-order valence-electron chi connectivity index (χ2n) is 9.01. The molecule has 3 N–H and O–H groups in total. The van der Waals surface area contributed by atoms with Crippen LogP contribution in [0.25, 0.3) is 0 Å². The topological polar surface area (TPSA) is 81.1 Å². The molecule has 3 aromatic rings. The minimum absolute atomic E-state index is 0.0396. The Bertz CT molecular complexity index is 1270. The van der Waals surface area contributed by atoms with Crippen LogP contribution in [0.4, 0.5) is 16.2 Å². The Morgan fingerprint density at radius 1 is 1.00 bits per heavy atom. The highest BCUT2D eigenvalue weighted by molar-refractivity contribution is 6.20. The number of urea groups is 1. The van der Waals surface area contributed by atoms with Gasteiger partial charge in [0.15, 0.2) is 6.17 Å². The molecule has 0 aliphatic carbocycles. The summed E-state index contributed by atoms with van der Waals surface area (Å²) in [5.74, 6) is 0.608. The molecule has 7 nitrogen and oxygen atoms in total. The Morgan fingerprint density at radius 3 is 2.43 bits per heavy atom. The molecule has 192 valence electrons. The van der Waals surface area contributed by atoms with Crippen molar-refractivity contribution in [2.24, 2.45) is 9.98 Å². The average molecular weight is 497 g/mol. The van der Waals surface area contributed by atoms with Crippen LogP contribution in [0.1, 0.15) is 43.9 Å². The first kappa shape index (κ1) is 26.1.